The highest BCUT2D eigenvalue weighted by Crippen LogP contribution is 2.22. The summed E-state index contributed by atoms with van der Waals surface area (Å²) < 4.78 is 0. The molecule has 2 aromatic rings. The molecule has 7 heteroatoms. The maximum Gasteiger partial charge on any atom is 0.337 e. The smallest absolute Gasteiger partial charge is 0.337 e. The highest BCUT2D eigenvalue weighted by atomic mass is 16.4. The number of anilines is 1. The normalized spacial score (nSPS) is 11.2. The third-order valence-corrected chi connectivity index (χ3v) is 3.50. The van der Waals surface area contributed by atoms with Crippen molar-refractivity contribution < 1.29 is 15.0 Å². The maximum atomic E-state index is 10.8. The van der Waals surface area contributed by atoms with Gasteiger partial charge in [0.15, 0.2) is 5.88 Å². The Hall–Kier alpha value is -3.66. The van der Waals surface area contributed by atoms with Crippen LogP contribution in [0.4, 0.5) is 5.82 Å². The van der Waals surface area contributed by atoms with Gasteiger partial charge in [-0.2, -0.15) is 5.26 Å². The minimum Gasteiger partial charge on any atom is -0.494 e. The van der Waals surface area contributed by atoms with Gasteiger partial charge in [-0.25, -0.2) is 9.78 Å². The van der Waals surface area contributed by atoms with E-state index in [1.54, 1.807) is 25.1 Å². The number of rotatable bonds is 5. The lowest BCUT2D eigenvalue weighted by Gasteiger charge is -2.13. The molecule has 0 spiro atoms. The summed E-state index contributed by atoms with van der Waals surface area (Å²) in [6, 6.07) is 9.83. The van der Waals surface area contributed by atoms with Crippen molar-refractivity contribution in [1.29, 1.82) is 10.7 Å². The number of nitrogens with zero attached hydrogens (tertiary/aromatic N) is 2. The van der Waals surface area contributed by atoms with Gasteiger partial charge in [0, 0.05) is 11.9 Å². The summed E-state index contributed by atoms with van der Waals surface area (Å²) in [7, 11) is 0. The summed E-state index contributed by atoms with van der Waals surface area (Å²) in [6.45, 7) is 3.30. The van der Waals surface area contributed by atoms with Crippen LogP contribution in [0.3, 0.4) is 0 Å². The second-order valence-electron chi connectivity index (χ2n) is 5.35. The molecule has 1 heterocycles. The maximum absolute atomic E-state index is 10.8. The number of hydrogen-bond donors (Lipinski definition) is 4. The van der Waals surface area contributed by atoms with Gasteiger partial charge < -0.3 is 20.9 Å². The number of pyridine rings is 1. The summed E-state index contributed by atoms with van der Waals surface area (Å²) in [4.78, 5) is 14.8. The standard InChI is InChI=1S/C18H16N4O3/c1-10-7-12(3-4-13(10)8-19)16(11(2)20)17(23)22-15-6-5-14(9-21-15)18(24)25/h3-7,9,20,23H,1-2H3,(H,21,22)(H,24,25)/b17-16-,20-11?. The Morgan fingerprint density at radius 3 is 2.40 bits per heavy atom. The van der Waals surface area contributed by atoms with Crippen molar-refractivity contribution in [3.05, 3.63) is 64.7 Å². The van der Waals surface area contributed by atoms with Gasteiger partial charge in [0.25, 0.3) is 0 Å². The average molecular weight is 336 g/mol. The van der Waals surface area contributed by atoms with Gasteiger partial charge >= 0.3 is 5.97 Å². The zero-order valence-electron chi connectivity index (χ0n) is 13.7. The van der Waals surface area contributed by atoms with E-state index in [4.69, 9.17) is 15.8 Å². The molecule has 25 heavy (non-hydrogen) atoms. The molecule has 1 aromatic carbocycles. The predicted octanol–water partition coefficient (Wildman–Crippen LogP) is 3.34. The van der Waals surface area contributed by atoms with Crippen molar-refractivity contribution in [2.45, 2.75) is 13.8 Å². The van der Waals surface area contributed by atoms with Crippen molar-refractivity contribution in [3.63, 3.8) is 0 Å². The van der Waals surface area contributed by atoms with Gasteiger partial charge in [0.1, 0.15) is 5.82 Å². The molecule has 0 atom stereocenters. The van der Waals surface area contributed by atoms with Crippen LogP contribution in [0.25, 0.3) is 5.57 Å². The fourth-order valence-corrected chi connectivity index (χ4v) is 2.25. The van der Waals surface area contributed by atoms with Crippen LogP contribution in [0.15, 0.2) is 42.4 Å². The molecule has 0 saturated carbocycles. The van der Waals surface area contributed by atoms with Crippen LogP contribution in [0.1, 0.15) is 34.0 Å². The first kappa shape index (κ1) is 17.7. The van der Waals surface area contributed by atoms with E-state index < -0.39 is 5.97 Å². The first-order valence-corrected chi connectivity index (χ1v) is 7.29. The van der Waals surface area contributed by atoms with Gasteiger partial charge in [0.05, 0.1) is 22.8 Å². The van der Waals surface area contributed by atoms with Crippen molar-refractivity contribution in [2.75, 3.05) is 5.32 Å². The largest absolute Gasteiger partial charge is 0.494 e. The minimum absolute atomic E-state index is 0.0280. The van der Waals surface area contributed by atoms with Crippen molar-refractivity contribution in [1.82, 2.24) is 4.98 Å². The number of carboxylic acids is 1. The lowest BCUT2D eigenvalue weighted by molar-refractivity contribution is 0.0696. The van der Waals surface area contributed by atoms with E-state index in [-0.39, 0.29) is 28.5 Å². The van der Waals surface area contributed by atoms with Crippen LogP contribution < -0.4 is 5.32 Å². The summed E-state index contributed by atoms with van der Waals surface area (Å²) >= 11 is 0. The van der Waals surface area contributed by atoms with Crippen LogP contribution in [-0.4, -0.2) is 26.9 Å². The van der Waals surface area contributed by atoms with Gasteiger partial charge in [-0.3, -0.25) is 0 Å². The van der Waals surface area contributed by atoms with Crippen LogP contribution in [0.5, 0.6) is 0 Å². The second-order valence-corrected chi connectivity index (χ2v) is 5.35. The summed E-state index contributed by atoms with van der Waals surface area (Å²) in [5.74, 6) is -1.14. The molecule has 0 amide bonds. The number of hydrogen-bond acceptors (Lipinski definition) is 6. The Labute approximate surface area is 144 Å². The number of aryl methyl sites for hydroxylation is 1. The van der Waals surface area contributed by atoms with E-state index in [1.165, 1.54) is 25.3 Å². The summed E-state index contributed by atoms with van der Waals surface area (Å²) in [5.41, 5.74) is 2.24. The third-order valence-electron chi connectivity index (χ3n) is 3.50. The van der Waals surface area contributed by atoms with E-state index >= 15 is 0 Å². The molecule has 4 N–H and O–H groups in total. The van der Waals surface area contributed by atoms with Crippen molar-refractivity contribution in [3.8, 4) is 6.07 Å². The second kappa shape index (κ2) is 7.27. The number of nitrogens with one attached hydrogen (secondary N) is 2. The molecule has 1 aromatic heterocycles. The molecule has 0 bridgehead atoms. The molecular weight excluding hydrogens is 320 g/mol. The molecule has 0 aliphatic heterocycles. The average Bonchev–Trinajstić information content (AvgIpc) is 2.55. The topological polar surface area (TPSA) is 130 Å². The molecule has 0 unspecified atom stereocenters. The van der Waals surface area contributed by atoms with Crippen molar-refractivity contribution >= 4 is 23.1 Å². The fourth-order valence-electron chi connectivity index (χ4n) is 2.25. The van der Waals surface area contributed by atoms with Crippen LogP contribution >= 0.6 is 0 Å². The van der Waals surface area contributed by atoms with E-state index in [0.29, 0.717) is 11.1 Å². The Balaban J connectivity index is 2.40. The molecule has 0 radical (unpaired) electrons. The monoisotopic (exact) mass is 336 g/mol. The highest BCUT2D eigenvalue weighted by Gasteiger charge is 2.14. The predicted molar refractivity (Wildman–Crippen MR) is 93.7 cm³/mol. The zero-order valence-corrected chi connectivity index (χ0v) is 13.7. The van der Waals surface area contributed by atoms with E-state index in [1.807, 2.05) is 0 Å². The number of carboxylic acid groups (broad SMARTS) is 1. The van der Waals surface area contributed by atoms with Crippen LogP contribution in [0, 0.1) is 23.7 Å². The van der Waals surface area contributed by atoms with Gasteiger partial charge in [0.2, 0.25) is 0 Å². The first-order chi connectivity index (χ1) is 11.8. The number of aliphatic hydroxyl groups excluding tert-OH is 1. The molecule has 0 aliphatic rings. The molecule has 7 nitrogen and oxygen atoms in total. The summed E-state index contributed by atoms with van der Waals surface area (Å²) in [5, 5.41) is 38.8. The Bertz CT molecular complexity index is 909. The van der Waals surface area contributed by atoms with Crippen LogP contribution in [-0.2, 0) is 0 Å². The highest BCUT2D eigenvalue weighted by molar-refractivity contribution is 6.22. The Morgan fingerprint density at radius 1 is 1.24 bits per heavy atom. The number of aromatic carboxylic acids is 1. The lowest BCUT2D eigenvalue weighted by atomic mass is 9.98. The number of nitriles is 1. The van der Waals surface area contributed by atoms with Crippen LogP contribution in [0.2, 0.25) is 0 Å². The third kappa shape index (κ3) is 4.00. The number of allylic oxidation sites excluding steroid dienone is 1. The van der Waals surface area contributed by atoms with Crippen molar-refractivity contribution in [2.24, 2.45) is 0 Å². The number of carbonyl (C=O) groups is 1. The fraction of sp³-hybridized carbons (Fsp3) is 0.111. The summed E-state index contributed by atoms with van der Waals surface area (Å²) in [6.07, 6.45) is 1.17. The SMILES string of the molecule is CC(=N)/C(=C(/O)Nc1ccc(C(=O)O)cn1)c1ccc(C#N)c(C)c1. The van der Waals surface area contributed by atoms with Gasteiger partial charge in [-0.15, -0.1) is 0 Å². The molecule has 126 valence electrons. The van der Waals surface area contributed by atoms with Gasteiger partial charge in [-0.05, 0) is 49.2 Å². The molecular formula is C18H16N4O3. The first-order valence-electron chi connectivity index (χ1n) is 7.29. The lowest BCUT2D eigenvalue weighted by Crippen LogP contribution is -2.09. The molecule has 0 aliphatic carbocycles. The quantitative estimate of drug-likeness (QED) is 0.489. The van der Waals surface area contributed by atoms with Gasteiger partial charge in [-0.1, -0.05) is 6.07 Å². The Morgan fingerprint density at radius 2 is 1.92 bits per heavy atom. The van der Waals surface area contributed by atoms with E-state index in [9.17, 15) is 9.90 Å². The molecule has 0 saturated heterocycles. The zero-order chi connectivity index (χ0) is 18.6. The minimum atomic E-state index is -1.09. The number of aliphatic hydroxyl groups is 1. The van der Waals surface area contributed by atoms with E-state index in [2.05, 4.69) is 16.4 Å². The number of benzene rings is 1. The Kier molecular flexibility index (Phi) is 5.15. The van der Waals surface area contributed by atoms with E-state index in [0.717, 1.165) is 5.56 Å². The number of aromatic nitrogens is 1. The molecule has 2 rings (SSSR count). The molecule has 0 fully saturated rings.